The average Bonchev–Trinajstić information content (AvgIpc) is 2.15. The summed E-state index contributed by atoms with van der Waals surface area (Å²) < 4.78 is 6.22. The Morgan fingerprint density at radius 2 is 2.06 bits per heavy atom. The van der Waals surface area contributed by atoms with Gasteiger partial charge in [0.15, 0.2) is 8.32 Å². The summed E-state index contributed by atoms with van der Waals surface area (Å²) in [5.41, 5.74) is 1.32. The highest BCUT2D eigenvalue weighted by atomic mass is 28.4. The Morgan fingerprint density at radius 3 is 2.50 bits per heavy atom. The molecule has 0 spiro atoms. The van der Waals surface area contributed by atoms with Crippen LogP contribution in [-0.4, -0.2) is 27.5 Å². The van der Waals surface area contributed by atoms with Crippen LogP contribution in [0.5, 0.6) is 0 Å². The lowest BCUT2D eigenvalue weighted by molar-refractivity contribution is 0.231. The van der Waals surface area contributed by atoms with Crippen molar-refractivity contribution in [3.8, 4) is 0 Å². The zero-order chi connectivity index (χ0) is 12.4. The molecule has 0 amide bonds. The highest BCUT2D eigenvalue weighted by Gasteiger charge is 2.37. The van der Waals surface area contributed by atoms with Crippen LogP contribution in [0, 0.1) is 0 Å². The predicted molar refractivity (Wildman–Crippen MR) is 73.3 cm³/mol. The minimum atomic E-state index is -1.57. The fourth-order valence-corrected chi connectivity index (χ4v) is 2.58. The molecule has 94 valence electrons. The van der Waals surface area contributed by atoms with Crippen molar-refractivity contribution in [3.63, 3.8) is 0 Å². The van der Waals surface area contributed by atoms with Crippen LogP contribution in [0.25, 0.3) is 0 Å². The molecule has 3 heteroatoms. The van der Waals surface area contributed by atoms with E-state index >= 15 is 0 Å². The molecule has 1 rings (SSSR count). The van der Waals surface area contributed by atoms with E-state index < -0.39 is 8.32 Å². The molecule has 1 N–H and O–H groups in total. The number of nitrogens with one attached hydrogen (secondary N) is 1. The number of hydrogen-bond acceptors (Lipinski definition) is 2. The molecule has 0 radical (unpaired) electrons. The van der Waals surface area contributed by atoms with Crippen molar-refractivity contribution in [1.82, 2.24) is 5.32 Å². The third-order valence-electron chi connectivity index (χ3n) is 3.94. The molecule has 1 fully saturated rings. The van der Waals surface area contributed by atoms with Crippen LogP contribution in [-0.2, 0) is 4.43 Å². The molecule has 0 aromatic heterocycles. The lowest BCUT2D eigenvalue weighted by atomic mass is 10.0. The van der Waals surface area contributed by atoms with Crippen molar-refractivity contribution in [2.75, 3.05) is 13.2 Å². The molecular weight excluding hydrogens is 214 g/mol. The van der Waals surface area contributed by atoms with Crippen molar-refractivity contribution in [2.24, 2.45) is 0 Å². The third kappa shape index (κ3) is 3.72. The molecule has 1 heterocycles. The summed E-state index contributed by atoms with van der Waals surface area (Å²) in [7, 11) is -1.57. The van der Waals surface area contributed by atoms with Gasteiger partial charge in [0.05, 0.1) is 0 Å². The zero-order valence-electron chi connectivity index (χ0n) is 11.5. The first kappa shape index (κ1) is 13.9. The van der Waals surface area contributed by atoms with Gasteiger partial charge in [-0.15, -0.1) is 0 Å². The summed E-state index contributed by atoms with van der Waals surface area (Å²) in [4.78, 5) is 0. The number of rotatable bonds is 3. The second kappa shape index (κ2) is 5.03. The van der Waals surface area contributed by atoms with E-state index in [9.17, 15) is 0 Å². The van der Waals surface area contributed by atoms with Crippen LogP contribution in [0.2, 0.25) is 18.1 Å². The summed E-state index contributed by atoms with van der Waals surface area (Å²) in [5, 5.41) is 3.80. The standard InChI is InChI=1S/C13H27NOSi/c1-11-7-8-12(14-9-11)10-15-16(5,6)13(2,3)4/h12,14H,1,7-10H2,2-6H3/t12-/m0/s1. The summed E-state index contributed by atoms with van der Waals surface area (Å²) in [6, 6.07) is 0.527. The average molecular weight is 241 g/mol. The van der Waals surface area contributed by atoms with Gasteiger partial charge in [-0.3, -0.25) is 0 Å². The lowest BCUT2D eigenvalue weighted by Gasteiger charge is -2.38. The van der Waals surface area contributed by atoms with Gasteiger partial charge < -0.3 is 9.74 Å². The largest absolute Gasteiger partial charge is 0.415 e. The normalized spacial score (nSPS) is 23.6. The first-order valence-electron chi connectivity index (χ1n) is 6.26. The van der Waals surface area contributed by atoms with E-state index in [1.165, 1.54) is 12.0 Å². The van der Waals surface area contributed by atoms with Gasteiger partial charge in [-0.05, 0) is 31.0 Å². The smallest absolute Gasteiger partial charge is 0.192 e. The topological polar surface area (TPSA) is 21.3 Å². The van der Waals surface area contributed by atoms with E-state index in [1.807, 2.05) is 0 Å². The molecule has 16 heavy (non-hydrogen) atoms. The minimum absolute atomic E-state index is 0.311. The molecule has 0 bridgehead atoms. The molecule has 1 aliphatic heterocycles. The Morgan fingerprint density at radius 1 is 1.44 bits per heavy atom. The van der Waals surface area contributed by atoms with E-state index in [1.54, 1.807) is 0 Å². The van der Waals surface area contributed by atoms with Crippen molar-refractivity contribution < 1.29 is 4.43 Å². The second-order valence-corrected chi connectivity index (χ2v) is 11.2. The lowest BCUT2D eigenvalue weighted by Crippen LogP contribution is -2.46. The first-order valence-corrected chi connectivity index (χ1v) is 9.17. The molecule has 1 aliphatic rings. The van der Waals surface area contributed by atoms with Gasteiger partial charge in [0, 0.05) is 19.2 Å². The predicted octanol–water partition coefficient (Wildman–Crippen LogP) is 3.32. The Kier molecular flexibility index (Phi) is 4.38. The van der Waals surface area contributed by atoms with Crippen LogP contribution in [0.1, 0.15) is 33.6 Å². The maximum Gasteiger partial charge on any atom is 0.192 e. The van der Waals surface area contributed by atoms with E-state index in [-0.39, 0.29) is 0 Å². The van der Waals surface area contributed by atoms with Gasteiger partial charge in [-0.25, -0.2) is 0 Å². The van der Waals surface area contributed by atoms with Gasteiger partial charge in [0.1, 0.15) is 0 Å². The van der Waals surface area contributed by atoms with Crippen molar-refractivity contribution >= 4 is 8.32 Å². The van der Waals surface area contributed by atoms with Crippen LogP contribution in [0.15, 0.2) is 12.2 Å². The zero-order valence-corrected chi connectivity index (χ0v) is 12.5. The van der Waals surface area contributed by atoms with E-state index in [0.29, 0.717) is 11.1 Å². The molecule has 0 saturated carbocycles. The summed E-state index contributed by atoms with van der Waals surface area (Å²) in [6.07, 6.45) is 2.33. The highest BCUT2D eigenvalue weighted by Crippen LogP contribution is 2.36. The van der Waals surface area contributed by atoms with Gasteiger partial charge in [0.2, 0.25) is 0 Å². The second-order valence-electron chi connectivity index (χ2n) is 6.44. The monoisotopic (exact) mass is 241 g/mol. The van der Waals surface area contributed by atoms with Crippen molar-refractivity contribution in [2.45, 2.75) is 57.8 Å². The molecule has 0 unspecified atom stereocenters. The molecule has 0 aromatic carbocycles. The maximum absolute atomic E-state index is 6.22. The highest BCUT2D eigenvalue weighted by molar-refractivity contribution is 6.74. The van der Waals surface area contributed by atoms with E-state index in [4.69, 9.17) is 4.43 Å². The molecule has 0 aliphatic carbocycles. The first-order chi connectivity index (χ1) is 7.22. The number of piperidine rings is 1. The summed E-state index contributed by atoms with van der Waals surface area (Å²) in [5.74, 6) is 0. The molecule has 1 atom stereocenters. The van der Waals surface area contributed by atoms with Crippen LogP contribution in [0.3, 0.4) is 0 Å². The van der Waals surface area contributed by atoms with E-state index in [2.05, 4.69) is 45.8 Å². The molecule has 1 saturated heterocycles. The quantitative estimate of drug-likeness (QED) is 0.604. The Labute approximate surface area is 102 Å². The fourth-order valence-electron chi connectivity index (χ4n) is 1.53. The van der Waals surface area contributed by atoms with Crippen LogP contribution >= 0.6 is 0 Å². The van der Waals surface area contributed by atoms with Crippen LogP contribution in [0.4, 0.5) is 0 Å². The Balaban J connectivity index is 2.37. The maximum atomic E-state index is 6.22. The molecule has 0 aromatic rings. The van der Waals surface area contributed by atoms with Gasteiger partial charge in [-0.1, -0.05) is 32.9 Å². The SMILES string of the molecule is C=C1CC[C@@H](CO[Si](C)(C)C(C)(C)C)NC1. The summed E-state index contributed by atoms with van der Waals surface area (Å²) in [6.45, 7) is 17.3. The van der Waals surface area contributed by atoms with Crippen LogP contribution < -0.4 is 5.32 Å². The van der Waals surface area contributed by atoms with Gasteiger partial charge >= 0.3 is 0 Å². The number of hydrogen-bond donors (Lipinski definition) is 1. The summed E-state index contributed by atoms with van der Waals surface area (Å²) >= 11 is 0. The van der Waals surface area contributed by atoms with E-state index in [0.717, 1.165) is 19.6 Å². The minimum Gasteiger partial charge on any atom is -0.415 e. The Bertz CT molecular complexity index is 245. The van der Waals surface area contributed by atoms with Gasteiger partial charge in [0.25, 0.3) is 0 Å². The van der Waals surface area contributed by atoms with Gasteiger partial charge in [-0.2, -0.15) is 0 Å². The fraction of sp³-hybridized carbons (Fsp3) is 0.846. The van der Waals surface area contributed by atoms with Crippen molar-refractivity contribution in [3.05, 3.63) is 12.2 Å². The molecule has 2 nitrogen and oxygen atoms in total. The third-order valence-corrected chi connectivity index (χ3v) is 8.44. The van der Waals surface area contributed by atoms with Crippen molar-refractivity contribution in [1.29, 1.82) is 0 Å². The molecular formula is C13H27NOSi. The Hall–Kier alpha value is -0.123.